The first-order valence-electron chi connectivity index (χ1n) is 8.35. The van der Waals surface area contributed by atoms with Gasteiger partial charge < -0.3 is 5.11 Å². The number of allylic oxidation sites excluding steroid dienone is 4. The normalized spacial score (nSPS) is 32.1. The first-order chi connectivity index (χ1) is 10.5. The zero-order chi connectivity index (χ0) is 16.2. The summed E-state index contributed by atoms with van der Waals surface area (Å²) in [5.74, 6) is -0.171. The van der Waals surface area contributed by atoms with Crippen LogP contribution in [0.1, 0.15) is 58.3 Å². The van der Waals surface area contributed by atoms with E-state index in [1.807, 2.05) is 0 Å². The van der Waals surface area contributed by atoms with Gasteiger partial charge in [-0.3, -0.25) is 4.79 Å². The summed E-state index contributed by atoms with van der Waals surface area (Å²) in [4.78, 5) is 11.5. The number of rotatable bonds is 6. The van der Waals surface area contributed by atoms with Crippen LogP contribution in [-0.2, 0) is 4.79 Å². The Balaban J connectivity index is 1.92. The molecule has 2 aliphatic rings. The van der Waals surface area contributed by atoms with Crippen molar-refractivity contribution in [2.24, 2.45) is 17.3 Å². The predicted molar refractivity (Wildman–Crippen MR) is 82.9 cm³/mol. The largest absolute Gasteiger partial charge is 0.481 e. The van der Waals surface area contributed by atoms with Crippen molar-refractivity contribution in [3.8, 4) is 0 Å². The van der Waals surface area contributed by atoms with E-state index in [1.165, 1.54) is 5.57 Å². The van der Waals surface area contributed by atoms with Crippen LogP contribution in [0.4, 0.5) is 8.78 Å². The van der Waals surface area contributed by atoms with Gasteiger partial charge in [-0.05, 0) is 50.4 Å². The Labute approximate surface area is 131 Å². The molecule has 0 spiro atoms. The minimum absolute atomic E-state index is 0.382. The summed E-state index contributed by atoms with van der Waals surface area (Å²) >= 11 is 0. The molecule has 0 aromatic rings. The molecule has 0 aromatic carbocycles. The van der Waals surface area contributed by atoms with Gasteiger partial charge in [0.25, 0.3) is 0 Å². The molecule has 2 nitrogen and oxygen atoms in total. The highest BCUT2D eigenvalue weighted by Gasteiger charge is 2.44. The quantitative estimate of drug-likeness (QED) is 0.731. The fourth-order valence-electron chi connectivity index (χ4n) is 3.93. The van der Waals surface area contributed by atoms with Crippen LogP contribution >= 0.6 is 0 Å². The van der Waals surface area contributed by atoms with Crippen LogP contribution in [-0.4, -0.2) is 17.5 Å². The number of carboxylic acid groups (broad SMARTS) is 1. The molecule has 0 aromatic heterocycles. The molecule has 1 N–H and O–H groups in total. The Morgan fingerprint density at radius 3 is 2.55 bits per heavy atom. The third-order valence-electron chi connectivity index (χ3n) is 5.34. The van der Waals surface area contributed by atoms with Crippen LogP contribution in [0, 0.1) is 17.3 Å². The van der Waals surface area contributed by atoms with Gasteiger partial charge in [-0.2, -0.15) is 0 Å². The molecule has 0 amide bonds. The second-order valence-corrected chi connectivity index (χ2v) is 6.81. The van der Waals surface area contributed by atoms with Gasteiger partial charge in [0, 0.05) is 6.42 Å². The summed E-state index contributed by atoms with van der Waals surface area (Å²) in [7, 11) is 0. The Morgan fingerprint density at radius 2 is 2.09 bits per heavy atom. The van der Waals surface area contributed by atoms with E-state index in [4.69, 9.17) is 0 Å². The summed E-state index contributed by atoms with van der Waals surface area (Å²) < 4.78 is 25.4. The average Bonchev–Trinajstić information content (AvgIpc) is 2.48. The molecule has 2 rings (SSSR count). The van der Waals surface area contributed by atoms with Crippen molar-refractivity contribution in [2.45, 2.75) is 64.7 Å². The minimum Gasteiger partial charge on any atom is -0.481 e. The van der Waals surface area contributed by atoms with Crippen molar-refractivity contribution >= 4 is 5.97 Å². The lowest BCUT2D eigenvalue weighted by atomic mass is 9.65. The second-order valence-electron chi connectivity index (χ2n) is 6.81. The summed E-state index contributed by atoms with van der Waals surface area (Å²) in [6.07, 6.45) is 9.17. The standard InChI is InChI=1S/C18H26F2O2/c1-2-3-13-4-6-14(7-5-13)15-8-10-18(11-9-15,17(21)22)12-16(19)20/h4-6,14-16H,2-3,7-12H2,1H3,(H,21,22). The molecule has 1 atom stereocenters. The third kappa shape index (κ3) is 3.96. The lowest BCUT2D eigenvalue weighted by molar-refractivity contribution is -0.155. The minimum atomic E-state index is -2.54. The third-order valence-corrected chi connectivity index (χ3v) is 5.34. The van der Waals surface area contributed by atoms with Gasteiger partial charge in [0.1, 0.15) is 0 Å². The van der Waals surface area contributed by atoms with Crippen molar-refractivity contribution in [1.29, 1.82) is 0 Å². The van der Waals surface area contributed by atoms with E-state index in [1.54, 1.807) is 0 Å². The lowest BCUT2D eigenvalue weighted by Gasteiger charge is -2.39. The van der Waals surface area contributed by atoms with Crippen molar-refractivity contribution < 1.29 is 18.7 Å². The molecule has 0 heterocycles. The van der Waals surface area contributed by atoms with Gasteiger partial charge in [0.2, 0.25) is 6.43 Å². The number of carboxylic acids is 1. The smallest absolute Gasteiger partial charge is 0.309 e. The summed E-state index contributed by atoms with van der Waals surface area (Å²) in [5, 5.41) is 9.37. The van der Waals surface area contributed by atoms with Gasteiger partial charge in [0.15, 0.2) is 0 Å². The highest BCUT2D eigenvalue weighted by molar-refractivity contribution is 5.74. The van der Waals surface area contributed by atoms with Crippen LogP contribution in [0.2, 0.25) is 0 Å². The molecule has 0 radical (unpaired) electrons. The van der Waals surface area contributed by atoms with Crippen molar-refractivity contribution in [2.75, 3.05) is 0 Å². The maximum atomic E-state index is 12.7. The zero-order valence-electron chi connectivity index (χ0n) is 13.2. The molecule has 1 saturated carbocycles. The first-order valence-corrected chi connectivity index (χ1v) is 8.35. The number of hydrogen-bond donors (Lipinski definition) is 1. The molecule has 22 heavy (non-hydrogen) atoms. The van der Waals surface area contributed by atoms with E-state index in [0.717, 1.165) is 32.1 Å². The maximum Gasteiger partial charge on any atom is 0.309 e. The van der Waals surface area contributed by atoms with Gasteiger partial charge in [-0.1, -0.05) is 37.1 Å². The predicted octanol–water partition coefficient (Wildman–Crippen LogP) is 5.21. The molecule has 124 valence electrons. The van der Waals surface area contributed by atoms with E-state index < -0.39 is 24.2 Å². The molecule has 1 unspecified atom stereocenters. The van der Waals surface area contributed by atoms with Crippen LogP contribution in [0.25, 0.3) is 0 Å². The van der Waals surface area contributed by atoms with Crippen LogP contribution < -0.4 is 0 Å². The molecular formula is C18H26F2O2. The molecular weight excluding hydrogens is 286 g/mol. The van der Waals surface area contributed by atoms with Gasteiger partial charge >= 0.3 is 5.97 Å². The van der Waals surface area contributed by atoms with Gasteiger partial charge in [0.05, 0.1) is 5.41 Å². The fraction of sp³-hybridized carbons (Fsp3) is 0.722. The number of hydrogen-bond acceptors (Lipinski definition) is 1. The number of carbonyl (C=O) groups is 1. The fourth-order valence-corrected chi connectivity index (χ4v) is 3.93. The molecule has 2 aliphatic carbocycles. The first kappa shape index (κ1) is 17.2. The molecule has 0 saturated heterocycles. The maximum absolute atomic E-state index is 12.7. The van der Waals surface area contributed by atoms with Crippen molar-refractivity contribution in [3.05, 3.63) is 23.8 Å². The highest BCUT2D eigenvalue weighted by atomic mass is 19.3. The van der Waals surface area contributed by atoms with Crippen LogP contribution in [0.15, 0.2) is 23.8 Å². The van der Waals surface area contributed by atoms with E-state index in [0.29, 0.717) is 24.7 Å². The Morgan fingerprint density at radius 1 is 1.41 bits per heavy atom. The summed E-state index contributed by atoms with van der Waals surface area (Å²) in [5.41, 5.74) is 0.179. The molecule has 4 heteroatoms. The Kier molecular flexibility index (Phi) is 5.76. The van der Waals surface area contributed by atoms with Crippen molar-refractivity contribution in [1.82, 2.24) is 0 Å². The molecule has 1 fully saturated rings. The van der Waals surface area contributed by atoms with E-state index in [-0.39, 0.29) is 0 Å². The van der Waals surface area contributed by atoms with Crippen LogP contribution in [0.5, 0.6) is 0 Å². The summed E-state index contributed by atoms with van der Waals surface area (Å²) in [6, 6.07) is 0. The lowest BCUT2D eigenvalue weighted by Crippen LogP contribution is -2.38. The van der Waals surface area contributed by atoms with E-state index in [9.17, 15) is 18.7 Å². The Bertz CT molecular complexity index is 446. The number of aliphatic carboxylic acids is 1. The Hall–Kier alpha value is -1.19. The van der Waals surface area contributed by atoms with Crippen molar-refractivity contribution in [3.63, 3.8) is 0 Å². The summed E-state index contributed by atoms with van der Waals surface area (Å²) in [6.45, 7) is 2.16. The monoisotopic (exact) mass is 312 g/mol. The average molecular weight is 312 g/mol. The molecule has 0 aliphatic heterocycles. The van der Waals surface area contributed by atoms with E-state index >= 15 is 0 Å². The number of halogens is 2. The zero-order valence-corrected chi connectivity index (χ0v) is 13.2. The topological polar surface area (TPSA) is 37.3 Å². The van der Waals surface area contributed by atoms with Crippen LogP contribution in [0.3, 0.4) is 0 Å². The second kappa shape index (κ2) is 7.38. The van der Waals surface area contributed by atoms with Gasteiger partial charge in [-0.15, -0.1) is 0 Å². The SMILES string of the molecule is CCCC1=CCC(C2CCC(CC(F)F)(C(=O)O)CC2)C=C1. The van der Waals surface area contributed by atoms with E-state index in [2.05, 4.69) is 25.2 Å². The molecule has 0 bridgehead atoms. The highest BCUT2D eigenvalue weighted by Crippen LogP contribution is 2.46. The number of alkyl halides is 2. The van der Waals surface area contributed by atoms with Gasteiger partial charge in [-0.25, -0.2) is 8.78 Å².